The van der Waals surface area contributed by atoms with Gasteiger partial charge in [-0.05, 0) is 61.9 Å². The van der Waals surface area contributed by atoms with Crippen LogP contribution in [0.4, 0.5) is 10.5 Å². The Morgan fingerprint density at radius 2 is 1.70 bits per heavy atom. The second-order valence-corrected chi connectivity index (χ2v) is 8.89. The number of hydrogen-bond acceptors (Lipinski definition) is 4. The van der Waals surface area contributed by atoms with Gasteiger partial charge in [0.15, 0.2) is 0 Å². The molecule has 2 unspecified atom stereocenters. The van der Waals surface area contributed by atoms with E-state index in [-0.39, 0.29) is 11.9 Å². The average molecular weight is 451 g/mol. The first-order valence-electron chi connectivity index (χ1n) is 12.0. The van der Waals surface area contributed by atoms with E-state index < -0.39 is 12.1 Å². The summed E-state index contributed by atoms with van der Waals surface area (Å²) in [5, 5.41) is 16.5. The normalized spacial score (nSPS) is 19.0. The lowest BCUT2D eigenvalue weighted by Gasteiger charge is -2.28. The SMILES string of the molecule is O=C(Nc1ccc(CCNCC(O)c2ccccc2)cc1)C1CCCN1C(=O)N1CCCC1. The van der Waals surface area contributed by atoms with Crippen LogP contribution >= 0.6 is 0 Å². The number of likely N-dealkylation sites (tertiary alicyclic amines) is 2. The third-order valence-corrected chi connectivity index (χ3v) is 6.51. The van der Waals surface area contributed by atoms with E-state index in [0.29, 0.717) is 19.5 Å². The molecule has 0 radical (unpaired) electrons. The highest BCUT2D eigenvalue weighted by molar-refractivity contribution is 5.97. The van der Waals surface area contributed by atoms with Crippen LogP contribution in [0.15, 0.2) is 54.6 Å². The number of carbonyl (C=O) groups excluding carboxylic acids is 2. The quantitative estimate of drug-likeness (QED) is 0.540. The lowest BCUT2D eigenvalue weighted by molar-refractivity contribution is -0.119. The zero-order valence-corrected chi connectivity index (χ0v) is 19.1. The van der Waals surface area contributed by atoms with Gasteiger partial charge in [0.1, 0.15) is 6.04 Å². The van der Waals surface area contributed by atoms with Crippen molar-refractivity contribution in [1.82, 2.24) is 15.1 Å². The Bertz CT molecular complexity index is 913. The molecule has 2 saturated heterocycles. The van der Waals surface area contributed by atoms with Gasteiger partial charge in [0, 0.05) is 31.9 Å². The third kappa shape index (κ3) is 6.12. The summed E-state index contributed by atoms with van der Waals surface area (Å²) in [5.74, 6) is -0.107. The number of benzene rings is 2. The maximum Gasteiger partial charge on any atom is 0.320 e. The summed E-state index contributed by atoms with van der Waals surface area (Å²) < 4.78 is 0. The molecule has 0 spiro atoms. The summed E-state index contributed by atoms with van der Waals surface area (Å²) in [5.41, 5.74) is 2.81. The Hall–Kier alpha value is -2.90. The number of nitrogens with one attached hydrogen (secondary N) is 2. The standard InChI is InChI=1S/C26H34N4O3/c31-24(21-7-2-1-3-8-21)19-27-15-14-20-10-12-22(13-11-20)28-25(32)23-9-6-18-30(23)26(33)29-16-4-5-17-29/h1-3,7-8,10-13,23-24,27,31H,4-6,9,14-19H2,(H,28,32). The fraction of sp³-hybridized carbons (Fsp3) is 0.462. The smallest absolute Gasteiger partial charge is 0.320 e. The van der Waals surface area contributed by atoms with Crippen LogP contribution < -0.4 is 10.6 Å². The molecule has 0 aliphatic carbocycles. The third-order valence-electron chi connectivity index (χ3n) is 6.51. The Labute approximate surface area is 195 Å². The van der Waals surface area contributed by atoms with Crippen LogP contribution in [0.2, 0.25) is 0 Å². The molecule has 3 N–H and O–H groups in total. The molecule has 2 aromatic rings. The van der Waals surface area contributed by atoms with E-state index in [1.165, 1.54) is 0 Å². The van der Waals surface area contributed by atoms with Crippen LogP contribution in [0.3, 0.4) is 0 Å². The lowest BCUT2D eigenvalue weighted by Crippen LogP contribution is -2.48. The second-order valence-electron chi connectivity index (χ2n) is 8.89. The molecular formula is C26H34N4O3. The van der Waals surface area contributed by atoms with Gasteiger partial charge in [-0.25, -0.2) is 4.79 Å². The molecule has 2 aliphatic heterocycles. The summed E-state index contributed by atoms with van der Waals surface area (Å²) in [6.07, 6.45) is 3.98. The summed E-state index contributed by atoms with van der Waals surface area (Å²) in [6.45, 7) is 3.51. The van der Waals surface area contributed by atoms with Crippen LogP contribution in [0.1, 0.15) is 42.9 Å². The van der Waals surface area contributed by atoms with Gasteiger partial charge in [0.05, 0.1) is 6.10 Å². The Kier molecular flexibility index (Phi) is 7.96. The van der Waals surface area contributed by atoms with E-state index in [2.05, 4.69) is 10.6 Å². The van der Waals surface area contributed by atoms with Crippen LogP contribution in [-0.2, 0) is 11.2 Å². The number of rotatable bonds is 8. The predicted molar refractivity (Wildman–Crippen MR) is 129 cm³/mol. The number of amides is 3. The van der Waals surface area contributed by atoms with Gasteiger partial charge in [-0.15, -0.1) is 0 Å². The van der Waals surface area contributed by atoms with Crippen molar-refractivity contribution in [3.8, 4) is 0 Å². The number of nitrogens with zero attached hydrogens (tertiary/aromatic N) is 2. The first kappa shape index (κ1) is 23.3. The zero-order chi connectivity index (χ0) is 23.0. The monoisotopic (exact) mass is 450 g/mol. The number of hydrogen-bond donors (Lipinski definition) is 3. The first-order valence-corrected chi connectivity index (χ1v) is 12.0. The molecule has 3 amide bonds. The second kappa shape index (κ2) is 11.3. The molecule has 33 heavy (non-hydrogen) atoms. The topological polar surface area (TPSA) is 84.9 Å². The van der Waals surface area contributed by atoms with Gasteiger partial charge < -0.3 is 25.5 Å². The Morgan fingerprint density at radius 1 is 0.970 bits per heavy atom. The van der Waals surface area contributed by atoms with Crippen molar-refractivity contribution in [2.75, 3.05) is 38.0 Å². The minimum absolute atomic E-state index is 0.00498. The van der Waals surface area contributed by atoms with E-state index in [1.807, 2.05) is 59.5 Å². The molecule has 176 valence electrons. The highest BCUT2D eigenvalue weighted by Crippen LogP contribution is 2.23. The number of carbonyl (C=O) groups is 2. The average Bonchev–Trinajstić information content (AvgIpc) is 3.55. The zero-order valence-electron chi connectivity index (χ0n) is 19.1. The van der Waals surface area contributed by atoms with Gasteiger partial charge in [0.2, 0.25) is 5.91 Å². The fourth-order valence-corrected chi connectivity index (χ4v) is 4.60. The van der Waals surface area contributed by atoms with Crippen LogP contribution in [0.5, 0.6) is 0 Å². The summed E-state index contributed by atoms with van der Waals surface area (Å²) in [4.78, 5) is 29.2. The predicted octanol–water partition coefficient (Wildman–Crippen LogP) is 3.17. The molecule has 0 aromatic heterocycles. The summed E-state index contributed by atoms with van der Waals surface area (Å²) >= 11 is 0. The van der Waals surface area contributed by atoms with Gasteiger partial charge in [-0.1, -0.05) is 42.5 Å². The van der Waals surface area contributed by atoms with E-state index in [9.17, 15) is 14.7 Å². The molecule has 2 heterocycles. The number of aliphatic hydroxyl groups is 1. The highest BCUT2D eigenvalue weighted by Gasteiger charge is 2.36. The van der Waals surface area contributed by atoms with Gasteiger partial charge in [0.25, 0.3) is 0 Å². The first-order chi connectivity index (χ1) is 16.1. The van der Waals surface area contributed by atoms with Crippen molar-refractivity contribution in [2.45, 2.75) is 44.2 Å². The van der Waals surface area contributed by atoms with Gasteiger partial charge in [-0.3, -0.25) is 4.79 Å². The maximum atomic E-state index is 12.9. The van der Waals surface area contributed by atoms with E-state index in [1.54, 1.807) is 4.90 Å². The molecule has 7 heteroatoms. The number of urea groups is 1. The van der Waals surface area contributed by atoms with Gasteiger partial charge in [-0.2, -0.15) is 0 Å². The van der Waals surface area contributed by atoms with Crippen molar-refractivity contribution >= 4 is 17.6 Å². The molecule has 0 bridgehead atoms. The minimum atomic E-state index is -0.517. The minimum Gasteiger partial charge on any atom is -0.387 e. The summed E-state index contributed by atoms with van der Waals surface area (Å²) in [7, 11) is 0. The van der Waals surface area contributed by atoms with Crippen LogP contribution in [0.25, 0.3) is 0 Å². The van der Waals surface area contributed by atoms with Crippen molar-refractivity contribution in [2.24, 2.45) is 0 Å². The molecule has 4 rings (SSSR count). The fourth-order valence-electron chi connectivity index (χ4n) is 4.60. The maximum absolute atomic E-state index is 12.9. The molecule has 2 aliphatic rings. The number of aliphatic hydroxyl groups excluding tert-OH is 1. The molecule has 2 fully saturated rings. The Morgan fingerprint density at radius 3 is 2.42 bits per heavy atom. The summed E-state index contributed by atoms with van der Waals surface area (Å²) in [6, 6.07) is 17.1. The number of anilines is 1. The largest absolute Gasteiger partial charge is 0.387 e. The van der Waals surface area contributed by atoms with E-state index in [0.717, 1.165) is 62.1 Å². The van der Waals surface area contributed by atoms with Crippen molar-refractivity contribution < 1.29 is 14.7 Å². The molecule has 0 saturated carbocycles. The van der Waals surface area contributed by atoms with Gasteiger partial charge >= 0.3 is 6.03 Å². The Balaban J connectivity index is 1.22. The molecular weight excluding hydrogens is 416 g/mol. The van der Waals surface area contributed by atoms with E-state index >= 15 is 0 Å². The van der Waals surface area contributed by atoms with Crippen LogP contribution in [0, 0.1) is 0 Å². The van der Waals surface area contributed by atoms with Crippen molar-refractivity contribution in [3.05, 3.63) is 65.7 Å². The highest BCUT2D eigenvalue weighted by atomic mass is 16.3. The van der Waals surface area contributed by atoms with Crippen molar-refractivity contribution in [1.29, 1.82) is 0 Å². The van der Waals surface area contributed by atoms with E-state index in [4.69, 9.17) is 0 Å². The molecule has 2 atom stereocenters. The molecule has 7 nitrogen and oxygen atoms in total. The lowest BCUT2D eigenvalue weighted by atomic mass is 10.1. The molecule has 2 aromatic carbocycles. The van der Waals surface area contributed by atoms with Crippen LogP contribution in [-0.4, -0.2) is 65.6 Å². The van der Waals surface area contributed by atoms with Crippen molar-refractivity contribution in [3.63, 3.8) is 0 Å².